The van der Waals surface area contributed by atoms with E-state index in [0.29, 0.717) is 35.7 Å². The molecule has 0 amide bonds. The molecule has 0 saturated carbocycles. The molecular formula is C16H24Cl2O2. The molecule has 0 aliphatic heterocycles. The number of benzene rings is 1. The smallest absolute Gasteiger partial charge is 0.162 e. The van der Waals surface area contributed by atoms with Gasteiger partial charge < -0.3 is 9.47 Å². The summed E-state index contributed by atoms with van der Waals surface area (Å²) in [6.45, 7) is 9.42. The standard InChI is InChI=1S/C16H24Cl2O2/c1-5-19-15-9-12(13(17)8-7-11(3)4)14(18)10-16(15)20-6-2/h9-11,13H,5-8H2,1-4H3. The molecule has 0 radical (unpaired) electrons. The molecule has 0 N–H and O–H groups in total. The summed E-state index contributed by atoms with van der Waals surface area (Å²) in [4.78, 5) is 0. The zero-order chi connectivity index (χ0) is 15.1. The summed E-state index contributed by atoms with van der Waals surface area (Å²) < 4.78 is 11.2. The van der Waals surface area contributed by atoms with E-state index in [1.807, 2.05) is 19.9 Å². The van der Waals surface area contributed by atoms with Crippen molar-refractivity contribution in [3.63, 3.8) is 0 Å². The number of rotatable bonds is 8. The highest BCUT2D eigenvalue weighted by Gasteiger charge is 2.17. The lowest BCUT2D eigenvalue weighted by atomic mass is 10.0. The first kappa shape index (κ1) is 17.5. The van der Waals surface area contributed by atoms with Gasteiger partial charge in [0.25, 0.3) is 0 Å². The molecule has 1 rings (SSSR count). The summed E-state index contributed by atoms with van der Waals surface area (Å²) >= 11 is 12.8. The molecule has 0 heterocycles. The third-order valence-corrected chi connectivity index (χ3v) is 3.78. The first-order valence-electron chi connectivity index (χ1n) is 7.22. The van der Waals surface area contributed by atoms with Crippen LogP contribution in [0.2, 0.25) is 5.02 Å². The molecule has 0 bridgehead atoms. The monoisotopic (exact) mass is 318 g/mol. The van der Waals surface area contributed by atoms with Gasteiger partial charge in [-0.15, -0.1) is 11.6 Å². The molecule has 1 atom stereocenters. The summed E-state index contributed by atoms with van der Waals surface area (Å²) in [5.41, 5.74) is 0.917. The van der Waals surface area contributed by atoms with Gasteiger partial charge in [0.05, 0.1) is 18.6 Å². The Labute approximate surface area is 132 Å². The van der Waals surface area contributed by atoms with E-state index in [-0.39, 0.29) is 5.38 Å². The van der Waals surface area contributed by atoms with Crippen molar-refractivity contribution in [3.8, 4) is 11.5 Å². The summed E-state index contributed by atoms with van der Waals surface area (Å²) in [5.74, 6) is 2.02. The van der Waals surface area contributed by atoms with E-state index < -0.39 is 0 Å². The lowest BCUT2D eigenvalue weighted by Crippen LogP contribution is -2.02. The van der Waals surface area contributed by atoms with Crippen molar-refractivity contribution in [1.82, 2.24) is 0 Å². The molecule has 0 saturated heterocycles. The van der Waals surface area contributed by atoms with Crippen LogP contribution in [0.25, 0.3) is 0 Å². The molecule has 20 heavy (non-hydrogen) atoms. The second-order valence-electron chi connectivity index (χ2n) is 5.13. The molecule has 0 aliphatic carbocycles. The quantitative estimate of drug-likeness (QED) is 0.559. The maximum absolute atomic E-state index is 6.48. The van der Waals surface area contributed by atoms with Gasteiger partial charge in [-0.25, -0.2) is 0 Å². The minimum atomic E-state index is -0.0974. The molecule has 114 valence electrons. The highest BCUT2D eigenvalue weighted by atomic mass is 35.5. The van der Waals surface area contributed by atoms with Gasteiger partial charge in [-0.05, 0) is 44.2 Å². The van der Waals surface area contributed by atoms with Gasteiger partial charge in [-0.2, -0.15) is 0 Å². The van der Waals surface area contributed by atoms with Gasteiger partial charge in [0.1, 0.15) is 0 Å². The van der Waals surface area contributed by atoms with Gasteiger partial charge in [0, 0.05) is 11.1 Å². The van der Waals surface area contributed by atoms with Crippen LogP contribution in [0.4, 0.5) is 0 Å². The second kappa shape index (κ2) is 8.63. The van der Waals surface area contributed by atoms with Gasteiger partial charge >= 0.3 is 0 Å². The van der Waals surface area contributed by atoms with Crippen molar-refractivity contribution in [3.05, 3.63) is 22.7 Å². The van der Waals surface area contributed by atoms with Crippen LogP contribution in [0.1, 0.15) is 51.5 Å². The fourth-order valence-corrected chi connectivity index (χ4v) is 2.61. The Morgan fingerprint density at radius 1 is 1.00 bits per heavy atom. The maximum Gasteiger partial charge on any atom is 0.162 e. The van der Waals surface area contributed by atoms with E-state index in [1.165, 1.54) is 0 Å². The van der Waals surface area contributed by atoms with Crippen LogP contribution in [0.15, 0.2) is 12.1 Å². The van der Waals surface area contributed by atoms with Gasteiger partial charge in [0.2, 0.25) is 0 Å². The molecule has 4 heteroatoms. The SMILES string of the molecule is CCOc1cc(Cl)c(C(Cl)CCC(C)C)cc1OCC. The van der Waals surface area contributed by atoms with Crippen LogP contribution >= 0.6 is 23.2 Å². The predicted octanol–water partition coefficient (Wildman–Crippen LogP) is 5.85. The van der Waals surface area contributed by atoms with Crippen molar-refractivity contribution >= 4 is 23.2 Å². The molecule has 1 unspecified atom stereocenters. The number of alkyl halides is 1. The average Bonchev–Trinajstić information content (AvgIpc) is 2.39. The summed E-state index contributed by atoms with van der Waals surface area (Å²) in [7, 11) is 0. The third kappa shape index (κ3) is 5.06. The summed E-state index contributed by atoms with van der Waals surface area (Å²) in [5, 5.41) is 0.542. The molecule has 0 aliphatic rings. The van der Waals surface area contributed by atoms with Crippen molar-refractivity contribution in [2.24, 2.45) is 5.92 Å². The molecule has 2 nitrogen and oxygen atoms in total. The van der Waals surface area contributed by atoms with Crippen LogP contribution in [-0.2, 0) is 0 Å². The Hall–Kier alpha value is -0.600. The zero-order valence-corrected chi connectivity index (χ0v) is 14.2. The number of ether oxygens (including phenoxy) is 2. The van der Waals surface area contributed by atoms with Crippen LogP contribution in [0, 0.1) is 5.92 Å². The summed E-state index contributed by atoms with van der Waals surface area (Å²) in [6.07, 6.45) is 1.97. The predicted molar refractivity (Wildman–Crippen MR) is 86.5 cm³/mol. The van der Waals surface area contributed by atoms with E-state index in [0.717, 1.165) is 18.4 Å². The largest absolute Gasteiger partial charge is 0.490 e. The molecule has 1 aromatic rings. The van der Waals surface area contributed by atoms with E-state index in [9.17, 15) is 0 Å². The van der Waals surface area contributed by atoms with E-state index in [4.69, 9.17) is 32.7 Å². The van der Waals surface area contributed by atoms with Gasteiger partial charge in [0.15, 0.2) is 11.5 Å². The topological polar surface area (TPSA) is 18.5 Å². The maximum atomic E-state index is 6.48. The van der Waals surface area contributed by atoms with E-state index in [1.54, 1.807) is 6.07 Å². The molecule has 0 spiro atoms. The van der Waals surface area contributed by atoms with Crippen LogP contribution in [0.5, 0.6) is 11.5 Å². The Kier molecular flexibility index (Phi) is 7.53. The highest BCUT2D eigenvalue weighted by Crippen LogP contribution is 2.40. The average molecular weight is 319 g/mol. The minimum absolute atomic E-state index is 0.0974. The highest BCUT2D eigenvalue weighted by molar-refractivity contribution is 6.33. The lowest BCUT2D eigenvalue weighted by molar-refractivity contribution is 0.287. The molecular weight excluding hydrogens is 295 g/mol. The van der Waals surface area contributed by atoms with Crippen LogP contribution in [-0.4, -0.2) is 13.2 Å². The Bertz CT molecular complexity index is 419. The summed E-state index contributed by atoms with van der Waals surface area (Å²) in [6, 6.07) is 3.71. The third-order valence-electron chi connectivity index (χ3n) is 3.00. The Morgan fingerprint density at radius 2 is 1.55 bits per heavy atom. The first-order chi connectivity index (χ1) is 9.49. The molecule has 0 fully saturated rings. The molecule has 0 aromatic heterocycles. The minimum Gasteiger partial charge on any atom is -0.490 e. The number of hydrogen-bond acceptors (Lipinski definition) is 2. The first-order valence-corrected chi connectivity index (χ1v) is 8.04. The van der Waals surface area contributed by atoms with Crippen molar-refractivity contribution in [2.45, 2.75) is 45.9 Å². The van der Waals surface area contributed by atoms with Crippen molar-refractivity contribution in [1.29, 1.82) is 0 Å². The van der Waals surface area contributed by atoms with E-state index in [2.05, 4.69) is 13.8 Å². The van der Waals surface area contributed by atoms with Gasteiger partial charge in [-0.1, -0.05) is 25.4 Å². The zero-order valence-electron chi connectivity index (χ0n) is 12.7. The van der Waals surface area contributed by atoms with E-state index >= 15 is 0 Å². The number of hydrogen-bond donors (Lipinski definition) is 0. The number of halogens is 2. The van der Waals surface area contributed by atoms with Gasteiger partial charge in [-0.3, -0.25) is 0 Å². The Morgan fingerprint density at radius 3 is 2.05 bits per heavy atom. The fraction of sp³-hybridized carbons (Fsp3) is 0.625. The van der Waals surface area contributed by atoms with Crippen LogP contribution < -0.4 is 9.47 Å². The van der Waals surface area contributed by atoms with Crippen molar-refractivity contribution in [2.75, 3.05) is 13.2 Å². The normalized spacial score (nSPS) is 12.6. The molecule has 1 aromatic carbocycles. The second-order valence-corrected chi connectivity index (χ2v) is 6.06. The lowest BCUT2D eigenvalue weighted by Gasteiger charge is -2.17. The Balaban J connectivity index is 2.98. The van der Waals surface area contributed by atoms with Crippen molar-refractivity contribution < 1.29 is 9.47 Å². The van der Waals surface area contributed by atoms with Crippen LogP contribution in [0.3, 0.4) is 0 Å². The fourth-order valence-electron chi connectivity index (χ4n) is 1.96.